The Bertz CT molecular complexity index is 383. The largest absolute Gasteiger partial charge is 0.508 e. The number of hydrogen-bond donors (Lipinski definition) is 2. The van der Waals surface area contributed by atoms with Crippen LogP contribution in [0, 0.1) is 5.92 Å². The minimum atomic E-state index is 0.279. The fourth-order valence-corrected chi connectivity index (χ4v) is 2.87. The van der Waals surface area contributed by atoms with Gasteiger partial charge in [0.25, 0.3) is 0 Å². The predicted molar refractivity (Wildman–Crippen MR) is 79.7 cm³/mol. The van der Waals surface area contributed by atoms with Gasteiger partial charge in [-0.1, -0.05) is 24.6 Å². The van der Waals surface area contributed by atoms with E-state index < -0.39 is 0 Å². The van der Waals surface area contributed by atoms with Crippen LogP contribution >= 0.6 is 11.6 Å². The van der Waals surface area contributed by atoms with Crippen LogP contribution in [0.4, 0.5) is 0 Å². The SMILES string of the molecule is CCN1CCC(CNCc2c(O)cccc2Cl)CC1. The topological polar surface area (TPSA) is 35.5 Å². The van der Waals surface area contributed by atoms with Crippen LogP contribution in [-0.4, -0.2) is 36.2 Å². The number of phenols is 1. The minimum absolute atomic E-state index is 0.279. The zero-order valence-electron chi connectivity index (χ0n) is 11.5. The maximum absolute atomic E-state index is 9.76. The first kappa shape index (κ1) is 14.6. The van der Waals surface area contributed by atoms with Crippen molar-refractivity contribution in [2.45, 2.75) is 26.3 Å². The number of rotatable bonds is 5. The Kier molecular flexibility index (Phi) is 5.49. The molecule has 0 amide bonds. The summed E-state index contributed by atoms with van der Waals surface area (Å²) in [5.74, 6) is 1.02. The number of benzene rings is 1. The summed E-state index contributed by atoms with van der Waals surface area (Å²) in [5.41, 5.74) is 0.801. The summed E-state index contributed by atoms with van der Waals surface area (Å²) in [6.07, 6.45) is 2.52. The van der Waals surface area contributed by atoms with Crippen molar-refractivity contribution in [2.75, 3.05) is 26.2 Å². The second-order valence-corrected chi connectivity index (χ2v) is 5.65. The Morgan fingerprint density at radius 2 is 2.11 bits per heavy atom. The van der Waals surface area contributed by atoms with E-state index >= 15 is 0 Å². The molecule has 1 fully saturated rings. The average molecular weight is 283 g/mol. The molecule has 0 spiro atoms. The Morgan fingerprint density at radius 1 is 1.37 bits per heavy atom. The molecule has 4 heteroatoms. The van der Waals surface area contributed by atoms with E-state index in [2.05, 4.69) is 17.1 Å². The summed E-state index contributed by atoms with van der Waals surface area (Å²) in [6.45, 7) is 7.44. The van der Waals surface area contributed by atoms with Crippen LogP contribution in [0.5, 0.6) is 5.75 Å². The molecule has 19 heavy (non-hydrogen) atoms. The highest BCUT2D eigenvalue weighted by molar-refractivity contribution is 6.31. The van der Waals surface area contributed by atoms with Crippen molar-refractivity contribution in [3.05, 3.63) is 28.8 Å². The van der Waals surface area contributed by atoms with Gasteiger partial charge in [-0.05, 0) is 57.1 Å². The smallest absolute Gasteiger partial charge is 0.121 e. The fraction of sp³-hybridized carbons (Fsp3) is 0.600. The molecule has 3 nitrogen and oxygen atoms in total. The number of hydrogen-bond acceptors (Lipinski definition) is 3. The van der Waals surface area contributed by atoms with E-state index in [1.165, 1.54) is 25.9 Å². The third-order valence-corrected chi connectivity index (χ3v) is 4.34. The number of piperidine rings is 1. The monoisotopic (exact) mass is 282 g/mol. The maximum atomic E-state index is 9.76. The molecule has 1 heterocycles. The van der Waals surface area contributed by atoms with Gasteiger partial charge < -0.3 is 15.3 Å². The molecule has 1 saturated heterocycles. The number of nitrogens with one attached hydrogen (secondary N) is 1. The third kappa shape index (κ3) is 4.10. The van der Waals surface area contributed by atoms with Gasteiger partial charge in [0.1, 0.15) is 5.75 Å². The van der Waals surface area contributed by atoms with E-state index in [1.54, 1.807) is 12.1 Å². The van der Waals surface area contributed by atoms with Crippen LogP contribution in [-0.2, 0) is 6.54 Å². The van der Waals surface area contributed by atoms with Gasteiger partial charge in [0.2, 0.25) is 0 Å². The molecule has 1 aliphatic rings. The maximum Gasteiger partial charge on any atom is 0.121 e. The van der Waals surface area contributed by atoms with Crippen LogP contribution in [0.1, 0.15) is 25.3 Å². The summed E-state index contributed by atoms with van der Waals surface area (Å²) in [4.78, 5) is 2.50. The standard InChI is InChI=1S/C15H23ClN2O/c1-2-18-8-6-12(7-9-18)10-17-11-13-14(16)4-3-5-15(13)19/h3-5,12,17,19H,2,6-11H2,1H3. The summed E-state index contributed by atoms with van der Waals surface area (Å²) in [5, 5.41) is 13.8. The van der Waals surface area contributed by atoms with Crippen LogP contribution < -0.4 is 5.32 Å². The summed E-state index contributed by atoms with van der Waals surface area (Å²) < 4.78 is 0. The average Bonchev–Trinajstić information content (AvgIpc) is 2.43. The third-order valence-electron chi connectivity index (χ3n) is 3.98. The highest BCUT2D eigenvalue weighted by atomic mass is 35.5. The second-order valence-electron chi connectivity index (χ2n) is 5.25. The van der Waals surface area contributed by atoms with Gasteiger partial charge in [0.15, 0.2) is 0 Å². The fourth-order valence-electron chi connectivity index (χ4n) is 2.63. The van der Waals surface area contributed by atoms with Gasteiger partial charge >= 0.3 is 0 Å². The van der Waals surface area contributed by atoms with Crippen molar-refractivity contribution < 1.29 is 5.11 Å². The number of halogens is 1. The lowest BCUT2D eigenvalue weighted by Crippen LogP contribution is -2.36. The number of phenolic OH excluding ortho intramolecular Hbond substituents is 1. The first-order chi connectivity index (χ1) is 9.20. The van der Waals surface area contributed by atoms with Crippen molar-refractivity contribution in [3.8, 4) is 5.75 Å². The van der Waals surface area contributed by atoms with Crippen molar-refractivity contribution in [1.29, 1.82) is 0 Å². The van der Waals surface area contributed by atoms with E-state index in [1.807, 2.05) is 6.07 Å². The number of aromatic hydroxyl groups is 1. The lowest BCUT2D eigenvalue weighted by atomic mass is 9.97. The van der Waals surface area contributed by atoms with Crippen LogP contribution in [0.15, 0.2) is 18.2 Å². The lowest BCUT2D eigenvalue weighted by Gasteiger charge is -2.31. The highest BCUT2D eigenvalue weighted by Gasteiger charge is 2.17. The highest BCUT2D eigenvalue weighted by Crippen LogP contribution is 2.25. The van der Waals surface area contributed by atoms with Crippen LogP contribution in [0.25, 0.3) is 0 Å². The van der Waals surface area contributed by atoms with E-state index in [0.717, 1.165) is 24.6 Å². The van der Waals surface area contributed by atoms with Gasteiger partial charge in [0.05, 0.1) is 0 Å². The van der Waals surface area contributed by atoms with E-state index in [9.17, 15) is 5.11 Å². The molecule has 1 aromatic rings. The molecular formula is C15H23ClN2O. The molecule has 0 unspecified atom stereocenters. The predicted octanol–water partition coefficient (Wildman–Crippen LogP) is 2.87. The second kappa shape index (κ2) is 7.13. The number of likely N-dealkylation sites (tertiary alicyclic amines) is 1. The Balaban J connectivity index is 1.75. The lowest BCUT2D eigenvalue weighted by molar-refractivity contribution is 0.190. The van der Waals surface area contributed by atoms with E-state index in [-0.39, 0.29) is 5.75 Å². The molecule has 0 bridgehead atoms. The molecule has 0 aliphatic carbocycles. The molecule has 106 valence electrons. The number of nitrogens with zero attached hydrogens (tertiary/aromatic N) is 1. The van der Waals surface area contributed by atoms with Gasteiger partial charge in [-0.2, -0.15) is 0 Å². The summed E-state index contributed by atoms with van der Waals surface area (Å²) in [7, 11) is 0. The van der Waals surface area contributed by atoms with E-state index in [4.69, 9.17) is 11.6 Å². The first-order valence-electron chi connectivity index (χ1n) is 7.10. The van der Waals surface area contributed by atoms with Gasteiger partial charge in [-0.15, -0.1) is 0 Å². The Labute approximate surface area is 120 Å². The molecule has 1 aromatic carbocycles. The molecule has 2 rings (SSSR count). The molecular weight excluding hydrogens is 260 g/mol. The van der Waals surface area contributed by atoms with E-state index in [0.29, 0.717) is 11.6 Å². The molecule has 0 atom stereocenters. The quantitative estimate of drug-likeness (QED) is 0.872. The summed E-state index contributed by atoms with van der Waals surface area (Å²) >= 11 is 6.08. The van der Waals surface area contributed by atoms with Crippen molar-refractivity contribution in [2.24, 2.45) is 5.92 Å². The van der Waals surface area contributed by atoms with Crippen LogP contribution in [0.3, 0.4) is 0 Å². The Morgan fingerprint density at radius 3 is 2.74 bits per heavy atom. The van der Waals surface area contributed by atoms with Crippen LogP contribution in [0.2, 0.25) is 5.02 Å². The molecule has 2 N–H and O–H groups in total. The molecule has 0 aromatic heterocycles. The molecule has 1 aliphatic heterocycles. The van der Waals surface area contributed by atoms with Gasteiger partial charge in [-0.25, -0.2) is 0 Å². The molecule has 0 saturated carbocycles. The normalized spacial score (nSPS) is 17.8. The zero-order valence-corrected chi connectivity index (χ0v) is 12.3. The van der Waals surface area contributed by atoms with Gasteiger partial charge in [-0.3, -0.25) is 0 Å². The zero-order chi connectivity index (χ0) is 13.7. The van der Waals surface area contributed by atoms with Crippen molar-refractivity contribution >= 4 is 11.6 Å². The van der Waals surface area contributed by atoms with Gasteiger partial charge in [0, 0.05) is 17.1 Å². The molecule has 0 radical (unpaired) electrons. The summed E-state index contributed by atoms with van der Waals surface area (Å²) in [6, 6.07) is 5.27. The van der Waals surface area contributed by atoms with Crippen molar-refractivity contribution in [3.63, 3.8) is 0 Å². The first-order valence-corrected chi connectivity index (χ1v) is 7.48. The minimum Gasteiger partial charge on any atom is -0.508 e. The Hall–Kier alpha value is -0.770. The van der Waals surface area contributed by atoms with Crippen molar-refractivity contribution in [1.82, 2.24) is 10.2 Å².